The summed E-state index contributed by atoms with van der Waals surface area (Å²) in [6, 6.07) is 42.2. The number of hydrogen-bond donors (Lipinski definition) is 2. The summed E-state index contributed by atoms with van der Waals surface area (Å²) >= 11 is 0. The summed E-state index contributed by atoms with van der Waals surface area (Å²) in [5.74, 6) is -1.66. The smallest absolute Gasteiger partial charge is 0.324 e. The summed E-state index contributed by atoms with van der Waals surface area (Å²) in [6.45, 7) is 2.42. The summed E-state index contributed by atoms with van der Waals surface area (Å²) in [5.41, 5.74) is 6.27. The van der Waals surface area contributed by atoms with Crippen LogP contribution in [0.2, 0.25) is 0 Å². The zero-order chi connectivity index (χ0) is 37.3. The largest absolute Gasteiger partial charge is 0.461 e. The zero-order valence-corrected chi connectivity index (χ0v) is 29.7. The molecule has 53 heavy (non-hydrogen) atoms. The van der Waals surface area contributed by atoms with Gasteiger partial charge in [-0.05, 0) is 58.0 Å². The maximum absolute atomic E-state index is 13.2. The number of rotatable bonds is 19. The Hall–Kier alpha value is -5.90. The van der Waals surface area contributed by atoms with E-state index in [1.807, 2.05) is 140 Å². The SMILES string of the molecule is CC(=O)C[C@H](NCc1cccc(-c2cccc(CN[C@@H](CC(=O)OCc3ccccc3)C(=O)OCc3ccccc3)c2)c1)C(=O)OCc1ccccc1. The molecule has 0 amide bonds. The first-order valence-corrected chi connectivity index (χ1v) is 17.6. The molecule has 272 valence electrons. The first-order chi connectivity index (χ1) is 25.8. The molecule has 0 radical (unpaired) electrons. The van der Waals surface area contributed by atoms with Crippen LogP contribution in [0.5, 0.6) is 0 Å². The number of hydrogen-bond acceptors (Lipinski definition) is 9. The summed E-state index contributed by atoms with van der Waals surface area (Å²) in [7, 11) is 0. The highest BCUT2D eigenvalue weighted by atomic mass is 16.5. The van der Waals surface area contributed by atoms with E-state index in [9.17, 15) is 19.2 Å². The van der Waals surface area contributed by atoms with E-state index >= 15 is 0 Å². The van der Waals surface area contributed by atoms with Crippen molar-refractivity contribution in [1.82, 2.24) is 10.6 Å². The van der Waals surface area contributed by atoms with E-state index in [1.54, 1.807) is 0 Å². The van der Waals surface area contributed by atoms with E-state index in [-0.39, 0.29) is 38.4 Å². The molecule has 0 saturated heterocycles. The lowest BCUT2D eigenvalue weighted by Gasteiger charge is -2.18. The maximum atomic E-state index is 13.2. The van der Waals surface area contributed by atoms with Crippen molar-refractivity contribution in [3.05, 3.63) is 167 Å². The van der Waals surface area contributed by atoms with Gasteiger partial charge in [0, 0.05) is 19.5 Å². The molecule has 0 aliphatic rings. The highest BCUT2D eigenvalue weighted by molar-refractivity contribution is 5.85. The first kappa shape index (κ1) is 38.3. The predicted octanol–water partition coefficient (Wildman–Crippen LogP) is 6.87. The molecule has 5 aromatic carbocycles. The molecular formula is C44H44N2O7. The van der Waals surface area contributed by atoms with E-state index < -0.39 is 30.0 Å². The van der Waals surface area contributed by atoms with Crippen LogP contribution < -0.4 is 10.6 Å². The summed E-state index contributed by atoms with van der Waals surface area (Å²) in [6.07, 6.45) is -0.173. The molecule has 5 rings (SSSR count). The molecule has 0 spiro atoms. The second-order valence-electron chi connectivity index (χ2n) is 12.7. The van der Waals surface area contributed by atoms with Crippen molar-refractivity contribution in [3.8, 4) is 11.1 Å². The molecule has 0 saturated carbocycles. The Labute approximate surface area is 310 Å². The summed E-state index contributed by atoms with van der Waals surface area (Å²) in [4.78, 5) is 51.0. The molecule has 9 heteroatoms. The molecule has 0 unspecified atom stereocenters. The average Bonchev–Trinajstić information content (AvgIpc) is 3.19. The number of benzene rings is 5. The van der Waals surface area contributed by atoms with Gasteiger partial charge in [-0.25, -0.2) is 0 Å². The van der Waals surface area contributed by atoms with E-state index in [0.717, 1.165) is 38.9 Å². The highest BCUT2D eigenvalue weighted by Gasteiger charge is 2.25. The van der Waals surface area contributed by atoms with Gasteiger partial charge >= 0.3 is 17.9 Å². The number of esters is 3. The number of Topliss-reactive ketones (excluding diaryl/α,β-unsaturated/α-hetero) is 1. The van der Waals surface area contributed by atoms with Crippen molar-refractivity contribution < 1.29 is 33.4 Å². The molecule has 0 fully saturated rings. The van der Waals surface area contributed by atoms with Crippen molar-refractivity contribution >= 4 is 23.7 Å². The second kappa shape index (κ2) is 20.2. The first-order valence-electron chi connectivity index (χ1n) is 17.6. The zero-order valence-electron chi connectivity index (χ0n) is 29.7. The Balaban J connectivity index is 1.21. The van der Waals surface area contributed by atoms with Crippen LogP contribution in [-0.2, 0) is 66.3 Å². The number of ether oxygens (including phenoxy) is 3. The summed E-state index contributed by atoms with van der Waals surface area (Å²) in [5, 5.41) is 6.42. The molecule has 0 bridgehead atoms. The number of carbonyl (C=O) groups excluding carboxylic acids is 4. The molecular weight excluding hydrogens is 668 g/mol. The Morgan fingerprint density at radius 1 is 0.472 bits per heavy atom. The Bertz CT molecular complexity index is 1930. The van der Waals surface area contributed by atoms with E-state index in [2.05, 4.69) is 10.6 Å². The standard InChI is InChI=1S/C44H44N2O7/c1-32(47)23-40(43(49)52-30-34-15-7-3-8-16-34)45-27-36-19-11-21-38(24-36)39-22-12-20-37(25-39)28-46-41(44(50)53-31-35-17-9-4-10-18-35)26-42(48)51-29-33-13-5-2-6-14-33/h2-22,24-25,40-41,45-46H,23,26-31H2,1H3/t40-,41-/m0/s1. The fraction of sp³-hybridized carbons (Fsp3) is 0.227. The van der Waals surface area contributed by atoms with Crippen molar-refractivity contribution in [3.63, 3.8) is 0 Å². The lowest BCUT2D eigenvalue weighted by Crippen LogP contribution is -2.39. The predicted molar refractivity (Wildman–Crippen MR) is 202 cm³/mol. The van der Waals surface area contributed by atoms with Gasteiger partial charge in [-0.3, -0.25) is 29.8 Å². The topological polar surface area (TPSA) is 120 Å². The molecule has 0 aromatic heterocycles. The third-order valence-electron chi connectivity index (χ3n) is 8.41. The van der Waals surface area contributed by atoms with Gasteiger partial charge in [0.15, 0.2) is 0 Å². The molecule has 2 atom stereocenters. The van der Waals surface area contributed by atoms with Crippen LogP contribution >= 0.6 is 0 Å². The van der Waals surface area contributed by atoms with E-state index in [0.29, 0.717) is 13.1 Å². The van der Waals surface area contributed by atoms with E-state index in [4.69, 9.17) is 14.2 Å². The molecule has 5 aromatic rings. The van der Waals surface area contributed by atoms with Crippen molar-refractivity contribution in [2.75, 3.05) is 0 Å². The minimum absolute atomic E-state index is 0.0217. The van der Waals surface area contributed by atoms with Crippen LogP contribution in [0.15, 0.2) is 140 Å². The monoisotopic (exact) mass is 712 g/mol. The van der Waals surface area contributed by atoms with Crippen molar-refractivity contribution in [1.29, 1.82) is 0 Å². The normalized spacial score (nSPS) is 11.9. The van der Waals surface area contributed by atoms with Crippen LogP contribution in [0.1, 0.15) is 47.6 Å². The fourth-order valence-electron chi connectivity index (χ4n) is 5.59. The van der Waals surface area contributed by atoms with Crippen LogP contribution in [0, 0.1) is 0 Å². The van der Waals surface area contributed by atoms with Gasteiger partial charge in [-0.1, -0.05) is 127 Å². The van der Waals surface area contributed by atoms with Crippen LogP contribution in [-0.4, -0.2) is 35.8 Å². The molecule has 0 aliphatic carbocycles. The van der Waals surface area contributed by atoms with Crippen molar-refractivity contribution in [2.45, 2.75) is 64.8 Å². The Morgan fingerprint density at radius 2 is 0.849 bits per heavy atom. The number of ketones is 1. The average molecular weight is 713 g/mol. The van der Waals surface area contributed by atoms with Crippen LogP contribution in [0.3, 0.4) is 0 Å². The number of nitrogens with one attached hydrogen (secondary N) is 2. The van der Waals surface area contributed by atoms with E-state index in [1.165, 1.54) is 6.92 Å². The third-order valence-corrected chi connectivity index (χ3v) is 8.41. The highest BCUT2D eigenvalue weighted by Crippen LogP contribution is 2.22. The molecule has 0 heterocycles. The van der Waals surface area contributed by atoms with Gasteiger partial charge in [0.2, 0.25) is 0 Å². The van der Waals surface area contributed by atoms with Gasteiger partial charge in [0.1, 0.15) is 37.7 Å². The van der Waals surface area contributed by atoms with Gasteiger partial charge < -0.3 is 14.2 Å². The van der Waals surface area contributed by atoms with Gasteiger partial charge in [-0.15, -0.1) is 0 Å². The molecule has 9 nitrogen and oxygen atoms in total. The maximum Gasteiger partial charge on any atom is 0.324 e. The Morgan fingerprint density at radius 3 is 1.26 bits per heavy atom. The third kappa shape index (κ3) is 13.0. The Kier molecular flexibility index (Phi) is 14.6. The van der Waals surface area contributed by atoms with Gasteiger partial charge in [0.25, 0.3) is 0 Å². The fourth-order valence-corrected chi connectivity index (χ4v) is 5.59. The van der Waals surface area contributed by atoms with Gasteiger partial charge in [0.05, 0.1) is 6.42 Å². The summed E-state index contributed by atoms with van der Waals surface area (Å²) < 4.78 is 16.6. The minimum Gasteiger partial charge on any atom is -0.461 e. The minimum atomic E-state index is -0.928. The van der Waals surface area contributed by atoms with Gasteiger partial charge in [-0.2, -0.15) is 0 Å². The second-order valence-corrected chi connectivity index (χ2v) is 12.7. The molecule has 2 N–H and O–H groups in total. The van der Waals surface area contributed by atoms with Crippen LogP contribution in [0.25, 0.3) is 11.1 Å². The molecule has 0 aliphatic heterocycles. The van der Waals surface area contributed by atoms with Crippen molar-refractivity contribution in [2.24, 2.45) is 0 Å². The quantitative estimate of drug-likeness (QED) is 0.0699. The van der Waals surface area contributed by atoms with Crippen LogP contribution in [0.4, 0.5) is 0 Å². The number of carbonyl (C=O) groups is 4. The lowest BCUT2D eigenvalue weighted by molar-refractivity contribution is -0.154. The lowest BCUT2D eigenvalue weighted by atomic mass is 10.0.